The number of carbonyl (C=O) groups is 1. The number of nitrogens with zero attached hydrogens (tertiary/aromatic N) is 3. The summed E-state index contributed by atoms with van der Waals surface area (Å²) in [7, 11) is -4.02. The Kier molecular flexibility index (Phi) is 10.8. The molecule has 2 atom stereocenters. The van der Waals surface area contributed by atoms with Crippen LogP contribution in [-0.4, -0.2) is 64.3 Å². The number of alkyl carbamates (subject to hydrolysis) is 1. The van der Waals surface area contributed by atoms with Crippen LogP contribution in [0.5, 0.6) is 0 Å². The molecule has 0 unspecified atom stereocenters. The molecule has 0 saturated heterocycles. The summed E-state index contributed by atoms with van der Waals surface area (Å²) < 4.78 is 37.0. The molecule has 4 aromatic rings. The van der Waals surface area contributed by atoms with Crippen molar-refractivity contribution in [3.05, 3.63) is 96.3 Å². The van der Waals surface area contributed by atoms with Crippen molar-refractivity contribution in [1.82, 2.24) is 19.2 Å². The molecule has 0 aliphatic heterocycles. The van der Waals surface area contributed by atoms with Crippen molar-refractivity contribution < 1.29 is 23.1 Å². The number of aryl methyl sites for hydroxylation is 2. The first kappa shape index (κ1) is 33.2. The maximum absolute atomic E-state index is 14.1. The Hall–Kier alpha value is -3.73. The summed E-state index contributed by atoms with van der Waals surface area (Å²) in [5.74, 6) is -0.0107. The van der Waals surface area contributed by atoms with Gasteiger partial charge in [0, 0.05) is 19.6 Å². The Balaban J connectivity index is 1.59. The molecule has 10 heteroatoms. The molecule has 0 aliphatic carbocycles. The van der Waals surface area contributed by atoms with Crippen molar-refractivity contribution in [2.24, 2.45) is 5.92 Å². The van der Waals surface area contributed by atoms with Gasteiger partial charge in [-0.3, -0.25) is 0 Å². The summed E-state index contributed by atoms with van der Waals surface area (Å²) in [6.45, 7) is 9.77. The lowest BCUT2D eigenvalue weighted by molar-refractivity contribution is 0.0400. The number of rotatable bonds is 13. The van der Waals surface area contributed by atoms with E-state index in [0.717, 1.165) is 17.5 Å². The number of imidazole rings is 1. The quantitative estimate of drug-likeness (QED) is 0.206. The normalized spacial score (nSPS) is 13.7. The molecular formula is C34H44N4O5S. The number of fused-ring (bicyclic) bond motifs is 1. The average Bonchev–Trinajstić information content (AvgIpc) is 3.37. The second-order valence-electron chi connectivity index (χ2n) is 12.5. The van der Waals surface area contributed by atoms with Crippen LogP contribution in [0.2, 0.25) is 0 Å². The number of nitrogens with one attached hydrogen (secondary N) is 1. The minimum Gasteiger partial charge on any atom is -0.444 e. The van der Waals surface area contributed by atoms with Crippen molar-refractivity contribution in [2.45, 2.75) is 76.6 Å². The fourth-order valence-corrected chi connectivity index (χ4v) is 6.68. The van der Waals surface area contributed by atoms with Crippen LogP contribution in [0, 0.1) is 5.92 Å². The van der Waals surface area contributed by atoms with E-state index in [4.69, 9.17) is 4.74 Å². The molecule has 4 rings (SSSR count). The van der Waals surface area contributed by atoms with Crippen LogP contribution in [0.15, 0.2) is 90.1 Å². The minimum atomic E-state index is -4.02. The van der Waals surface area contributed by atoms with E-state index in [0.29, 0.717) is 18.5 Å². The Bertz CT molecular complexity index is 1620. The van der Waals surface area contributed by atoms with E-state index in [1.54, 1.807) is 45.3 Å². The topological polar surface area (TPSA) is 114 Å². The second kappa shape index (κ2) is 14.4. The summed E-state index contributed by atoms with van der Waals surface area (Å²) >= 11 is 0. The zero-order valence-electron chi connectivity index (χ0n) is 26.2. The Morgan fingerprint density at radius 3 is 2.23 bits per heavy atom. The van der Waals surface area contributed by atoms with Crippen molar-refractivity contribution in [3.8, 4) is 0 Å². The van der Waals surface area contributed by atoms with Crippen LogP contribution in [0.25, 0.3) is 11.0 Å². The van der Waals surface area contributed by atoms with Crippen molar-refractivity contribution in [3.63, 3.8) is 0 Å². The molecule has 9 nitrogen and oxygen atoms in total. The monoisotopic (exact) mass is 620 g/mol. The lowest BCUT2D eigenvalue weighted by Gasteiger charge is -2.31. The van der Waals surface area contributed by atoms with Crippen LogP contribution < -0.4 is 5.32 Å². The Morgan fingerprint density at radius 2 is 1.61 bits per heavy atom. The van der Waals surface area contributed by atoms with Gasteiger partial charge in [-0.2, -0.15) is 4.31 Å². The number of hydrogen-bond acceptors (Lipinski definition) is 6. The number of aliphatic hydroxyl groups is 1. The Morgan fingerprint density at radius 1 is 0.977 bits per heavy atom. The number of amides is 1. The molecule has 1 amide bonds. The molecule has 0 saturated carbocycles. The minimum absolute atomic E-state index is 0.0107. The highest BCUT2D eigenvalue weighted by Crippen LogP contribution is 2.24. The van der Waals surface area contributed by atoms with Gasteiger partial charge in [0.15, 0.2) is 0 Å². The maximum atomic E-state index is 14.1. The average molecular weight is 621 g/mol. The molecule has 0 spiro atoms. The highest BCUT2D eigenvalue weighted by atomic mass is 32.2. The predicted molar refractivity (Wildman–Crippen MR) is 173 cm³/mol. The summed E-state index contributed by atoms with van der Waals surface area (Å²) in [6.07, 6.45) is 0.920. The molecule has 0 radical (unpaired) electrons. The van der Waals surface area contributed by atoms with Gasteiger partial charge in [0.1, 0.15) is 5.60 Å². The molecule has 44 heavy (non-hydrogen) atoms. The Labute approximate surface area is 260 Å². The smallest absolute Gasteiger partial charge is 0.407 e. The summed E-state index contributed by atoms with van der Waals surface area (Å²) in [5, 5.41) is 14.3. The maximum Gasteiger partial charge on any atom is 0.407 e. The SMILES string of the molecule is CC(C)CN(C[C@@H](O)[C@H](Cc1ccccc1)NC(=O)OC(C)(C)C)S(=O)(=O)c1ccc2ncn(CCc3ccccc3)c2c1. The van der Waals surface area contributed by atoms with E-state index in [9.17, 15) is 18.3 Å². The van der Waals surface area contributed by atoms with Gasteiger partial charge < -0.3 is 19.7 Å². The zero-order valence-corrected chi connectivity index (χ0v) is 27.0. The van der Waals surface area contributed by atoms with Gasteiger partial charge in [0.25, 0.3) is 0 Å². The van der Waals surface area contributed by atoms with Crippen LogP contribution in [0.3, 0.4) is 0 Å². The predicted octanol–water partition coefficient (Wildman–Crippen LogP) is 5.42. The molecule has 2 N–H and O–H groups in total. The van der Waals surface area contributed by atoms with Gasteiger partial charge in [-0.25, -0.2) is 18.2 Å². The second-order valence-corrected chi connectivity index (χ2v) is 14.5. The highest BCUT2D eigenvalue weighted by Gasteiger charge is 2.32. The third-order valence-electron chi connectivity index (χ3n) is 7.14. The number of carbonyl (C=O) groups excluding carboxylic acids is 1. The largest absolute Gasteiger partial charge is 0.444 e. The van der Waals surface area contributed by atoms with Gasteiger partial charge in [-0.1, -0.05) is 74.5 Å². The van der Waals surface area contributed by atoms with Gasteiger partial charge in [0.05, 0.1) is 34.4 Å². The van der Waals surface area contributed by atoms with Gasteiger partial charge in [0.2, 0.25) is 10.0 Å². The van der Waals surface area contributed by atoms with E-state index >= 15 is 0 Å². The van der Waals surface area contributed by atoms with Gasteiger partial charge in [-0.15, -0.1) is 0 Å². The number of benzene rings is 3. The molecule has 236 valence electrons. The van der Waals surface area contributed by atoms with Crippen molar-refractivity contribution >= 4 is 27.1 Å². The molecule has 0 fully saturated rings. The van der Waals surface area contributed by atoms with Crippen LogP contribution in [0.1, 0.15) is 45.7 Å². The number of aromatic nitrogens is 2. The van der Waals surface area contributed by atoms with E-state index < -0.39 is 33.9 Å². The van der Waals surface area contributed by atoms with E-state index in [2.05, 4.69) is 22.4 Å². The summed E-state index contributed by atoms with van der Waals surface area (Å²) in [5.41, 5.74) is 2.77. The third-order valence-corrected chi connectivity index (χ3v) is 8.97. The standard InChI is InChI=1S/C34H44N4O5S/c1-25(2)22-38(23-32(39)30(20-27-14-10-7-11-15-27)36-33(40)43-34(3,4)5)44(41,42)28-16-17-29-31(21-28)37(24-35-29)19-18-26-12-8-6-9-13-26/h6-17,21,24-25,30,32,39H,18-20,22-23H2,1-5H3,(H,36,40)/t30-,32+/m0/s1. The summed E-state index contributed by atoms with van der Waals surface area (Å²) in [6, 6.07) is 23.7. The van der Waals surface area contributed by atoms with Crippen molar-refractivity contribution in [2.75, 3.05) is 13.1 Å². The van der Waals surface area contributed by atoms with Crippen LogP contribution in [0.4, 0.5) is 4.79 Å². The molecule has 1 aromatic heterocycles. The third kappa shape index (κ3) is 9.14. The number of ether oxygens (including phenoxy) is 1. The molecule has 3 aromatic carbocycles. The fraction of sp³-hybridized carbons (Fsp3) is 0.412. The molecular weight excluding hydrogens is 576 g/mol. The highest BCUT2D eigenvalue weighted by molar-refractivity contribution is 7.89. The first-order valence-electron chi connectivity index (χ1n) is 15.0. The lowest BCUT2D eigenvalue weighted by Crippen LogP contribution is -2.51. The molecule has 0 bridgehead atoms. The molecule has 1 heterocycles. The van der Waals surface area contributed by atoms with Crippen molar-refractivity contribution in [1.29, 1.82) is 0 Å². The number of aliphatic hydroxyl groups excluding tert-OH is 1. The summed E-state index contributed by atoms with van der Waals surface area (Å²) in [4.78, 5) is 17.3. The number of sulfonamides is 1. The first-order valence-corrected chi connectivity index (χ1v) is 16.5. The van der Waals surface area contributed by atoms with Gasteiger partial charge >= 0.3 is 6.09 Å². The zero-order chi connectivity index (χ0) is 31.9. The fourth-order valence-electron chi connectivity index (χ4n) is 5.04. The molecule has 0 aliphatic rings. The van der Waals surface area contributed by atoms with E-state index in [1.807, 2.05) is 66.9 Å². The van der Waals surface area contributed by atoms with Crippen LogP contribution in [-0.2, 0) is 34.1 Å². The van der Waals surface area contributed by atoms with Crippen LogP contribution >= 0.6 is 0 Å². The lowest BCUT2D eigenvalue weighted by atomic mass is 10.0. The van der Waals surface area contributed by atoms with Gasteiger partial charge in [-0.05, 0) is 68.9 Å². The van der Waals surface area contributed by atoms with E-state index in [-0.39, 0.29) is 23.9 Å². The number of hydrogen-bond donors (Lipinski definition) is 2. The first-order chi connectivity index (χ1) is 20.8. The van der Waals surface area contributed by atoms with E-state index in [1.165, 1.54) is 9.87 Å².